The maximum atomic E-state index is 13.9. The number of hydrogen-bond donors (Lipinski definition) is 2. The third kappa shape index (κ3) is 8.15. The number of methoxy groups -OCH3 is 1. The van der Waals surface area contributed by atoms with Gasteiger partial charge in [-0.3, -0.25) is 9.36 Å². The molecule has 43 heavy (non-hydrogen) atoms. The molecule has 0 aliphatic carbocycles. The first-order valence-corrected chi connectivity index (χ1v) is 14.1. The van der Waals surface area contributed by atoms with Crippen LogP contribution in [0.5, 0.6) is 5.75 Å². The summed E-state index contributed by atoms with van der Waals surface area (Å²) in [5.74, 6) is -0.126. The van der Waals surface area contributed by atoms with Crippen molar-refractivity contribution in [3.63, 3.8) is 0 Å². The molecule has 1 heterocycles. The number of carbonyl (C=O) groups is 3. The van der Waals surface area contributed by atoms with Crippen molar-refractivity contribution in [2.45, 2.75) is 52.2 Å². The van der Waals surface area contributed by atoms with E-state index in [-0.39, 0.29) is 12.0 Å². The molecule has 1 unspecified atom stereocenters. The van der Waals surface area contributed by atoms with Gasteiger partial charge in [0.25, 0.3) is 5.91 Å². The van der Waals surface area contributed by atoms with Crippen LogP contribution in [0.3, 0.4) is 0 Å². The number of rotatable bonds is 10. The minimum Gasteiger partial charge on any atom is -0.496 e. The molecular weight excluding hydrogens is 618 g/mol. The summed E-state index contributed by atoms with van der Waals surface area (Å²) in [6.45, 7) is 5.67. The molecule has 1 aromatic heterocycles. The summed E-state index contributed by atoms with van der Waals surface area (Å²) in [5.41, 5.74) is 12.1. The first kappa shape index (κ1) is 32.7. The average Bonchev–Trinajstić information content (AvgIpc) is 3.31. The van der Waals surface area contributed by atoms with E-state index in [1.54, 1.807) is 42.5 Å². The van der Waals surface area contributed by atoms with E-state index in [9.17, 15) is 24.9 Å². The van der Waals surface area contributed by atoms with Crippen molar-refractivity contribution in [3.05, 3.63) is 63.8 Å². The lowest BCUT2D eigenvalue weighted by Crippen LogP contribution is -2.35. The fourth-order valence-corrected chi connectivity index (χ4v) is 5.03. The Morgan fingerprint density at radius 1 is 1.05 bits per heavy atom. The third-order valence-corrected chi connectivity index (χ3v) is 7.26. The van der Waals surface area contributed by atoms with Crippen LogP contribution in [0.2, 0.25) is 0 Å². The number of halogens is 1. The monoisotopic (exact) mass is 649 g/mol. The smallest absolute Gasteiger partial charge is 0.405 e. The van der Waals surface area contributed by atoms with Crippen LogP contribution in [0.15, 0.2) is 47.1 Å². The number of fused-ring (bicyclic) bond motifs is 1. The van der Waals surface area contributed by atoms with E-state index in [1.165, 1.54) is 17.9 Å². The van der Waals surface area contributed by atoms with E-state index >= 15 is 0 Å². The summed E-state index contributed by atoms with van der Waals surface area (Å²) in [6, 6.07) is 14.3. The Labute approximate surface area is 257 Å². The predicted molar refractivity (Wildman–Crippen MR) is 164 cm³/mol. The molecule has 2 atom stereocenters. The highest BCUT2D eigenvalue weighted by Gasteiger charge is 2.30. The number of primary amides is 2. The Morgan fingerprint density at radius 3 is 2.33 bits per heavy atom. The summed E-state index contributed by atoms with van der Waals surface area (Å²) in [5, 5.41) is 20.1. The van der Waals surface area contributed by atoms with E-state index < -0.39 is 35.7 Å². The highest BCUT2D eigenvalue weighted by molar-refractivity contribution is 9.10. The number of allylic oxidation sites excluding steroid dienone is 1. The standard InChI is InChI=1S/C31H32BrN5O6/c1-31(2,3)27(43-30(36)40)7-5-6-26(42-29(35)39)28(38)37-17-23(22-14-21(32)9-10-24(22)37)20(16-34)13-19-12-18(15-33)8-11-25(19)41-4/h8-14,17,26-27H,5-7H2,1-4H3,(H2,35,39)(H2,36,40)/b20-13+/t26?,27-/m1/s1. The van der Waals surface area contributed by atoms with Crippen LogP contribution in [-0.4, -0.2) is 42.0 Å². The second kappa shape index (κ2) is 13.9. The van der Waals surface area contributed by atoms with Crippen LogP contribution >= 0.6 is 15.9 Å². The normalized spacial score (nSPS) is 13.0. The van der Waals surface area contributed by atoms with Gasteiger partial charge in [0.1, 0.15) is 11.9 Å². The Hall–Kier alpha value is -4.81. The molecule has 0 aliphatic heterocycles. The first-order chi connectivity index (χ1) is 20.3. The predicted octanol–water partition coefficient (Wildman–Crippen LogP) is 6.13. The van der Waals surface area contributed by atoms with Crippen molar-refractivity contribution >= 4 is 56.6 Å². The molecule has 12 heteroatoms. The number of nitrogens with two attached hydrogens (primary N) is 2. The molecule has 0 saturated heterocycles. The van der Waals surface area contributed by atoms with Crippen molar-refractivity contribution in [3.8, 4) is 17.9 Å². The lowest BCUT2D eigenvalue weighted by molar-refractivity contribution is 0.0253. The van der Waals surface area contributed by atoms with Crippen molar-refractivity contribution in [2.75, 3.05) is 7.11 Å². The van der Waals surface area contributed by atoms with Crippen molar-refractivity contribution in [1.82, 2.24) is 4.57 Å². The van der Waals surface area contributed by atoms with Gasteiger partial charge in [-0.15, -0.1) is 0 Å². The van der Waals surface area contributed by atoms with Gasteiger partial charge in [-0.05, 0) is 67.2 Å². The number of nitrogens with zero attached hydrogens (tertiary/aromatic N) is 3. The molecule has 11 nitrogen and oxygen atoms in total. The topological polar surface area (TPSA) is 183 Å². The van der Waals surface area contributed by atoms with E-state index in [0.29, 0.717) is 50.7 Å². The fourth-order valence-electron chi connectivity index (χ4n) is 4.67. The number of amides is 2. The quantitative estimate of drug-likeness (QED) is 0.245. The summed E-state index contributed by atoms with van der Waals surface area (Å²) in [7, 11) is 1.48. The summed E-state index contributed by atoms with van der Waals surface area (Å²) >= 11 is 3.45. The van der Waals surface area contributed by atoms with Crippen LogP contribution in [0.4, 0.5) is 9.59 Å². The van der Waals surface area contributed by atoms with Gasteiger partial charge in [0.2, 0.25) is 0 Å². The summed E-state index contributed by atoms with van der Waals surface area (Å²) in [6.07, 6.45) is 0.0286. The summed E-state index contributed by atoms with van der Waals surface area (Å²) in [4.78, 5) is 37.1. The highest BCUT2D eigenvalue weighted by Crippen LogP contribution is 2.33. The maximum absolute atomic E-state index is 13.9. The molecule has 3 rings (SSSR count). The van der Waals surface area contributed by atoms with E-state index in [4.69, 9.17) is 25.7 Å². The number of ether oxygens (including phenoxy) is 3. The van der Waals surface area contributed by atoms with Gasteiger partial charge in [0.15, 0.2) is 6.10 Å². The second-order valence-corrected chi connectivity index (χ2v) is 11.7. The van der Waals surface area contributed by atoms with Gasteiger partial charge >= 0.3 is 12.2 Å². The van der Waals surface area contributed by atoms with Crippen molar-refractivity contribution < 1.29 is 28.6 Å². The van der Waals surface area contributed by atoms with Gasteiger partial charge in [0.05, 0.1) is 35.9 Å². The van der Waals surface area contributed by atoms with Crippen LogP contribution < -0.4 is 16.2 Å². The van der Waals surface area contributed by atoms with Gasteiger partial charge in [-0.2, -0.15) is 10.5 Å². The zero-order valence-electron chi connectivity index (χ0n) is 24.2. The largest absolute Gasteiger partial charge is 0.496 e. The molecule has 0 bridgehead atoms. The lowest BCUT2D eigenvalue weighted by atomic mass is 9.85. The van der Waals surface area contributed by atoms with Gasteiger partial charge < -0.3 is 25.7 Å². The zero-order chi connectivity index (χ0) is 31.9. The number of aromatic nitrogens is 1. The van der Waals surface area contributed by atoms with Crippen molar-refractivity contribution in [1.29, 1.82) is 10.5 Å². The van der Waals surface area contributed by atoms with Crippen LogP contribution in [0.1, 0.15) is 61.5 Å². The third-order valence-electron chi connectivity index (χ3n) is 6.76. The van der Waals surface area contributed by atoms with E-state index in [0.717, 1.165) is 0 Å². The van der Waals surface area contributed by atoms with Crippen LogP contribution in [0, 0.1) is 28.1 Å². The molecule has 0 radical (unpaired) electrons. The minimum atomic E-state index is -1.26. The van der Waals surface area contributed by atoms with Gasteiger partial charge in [0, 0.05) is 27.2 Å². The summed E-state index contributed by atoms with van der Waals surface area (Å²) < 4.78 is 17.9. The highest BCUT2D eigenvalue weighted by atomic mass is 79.9. The number of benzene rings is 2. The van der Waals surface area contributed by atoms with E-state index in [1.807, 2.05) is 20.8 Å². The molecule has 0 fully saturated rings. The molecule has 0 spiro atoms. The number of carbonyl (C=O) groups excluding carboxylic acids is 3. The van der Waals surface area contributed by atoms with Gasteiger partial charge in [-0.25, -0.2) is 9.59 Å². The average molecular weight is 651 g/mol. The first-order valence-electron chi connectivity index (χ1n) is 13.3. The number of nitriles is 2. The van der Waals surface area contributed by atoms with Crippen LogP contribution in [-0.2, 0) is 9.47 Å². The number of hydrogen-bond acceptors (Lipinski definition) is 8. The molecule has 4 N–H and O–H groups in total. The fraction of sp³-hybridized carbons (Fsp3) is 0.323. The molecule has 2 aromatic carbocycles. The maximum Gasteiger partial charge on any atom is 0.405 e. The molecule has 0 saturated carbocycles. The Kier molecular flexibility index (Phi) is 10.6. The van der Waals surface area contributed by atoms with Crippen molar-refractivity contribution in [2.24, 2.45) is 16.9 Å². The molecular formula is C31H32BrN5O6. The Bertz CT molecular complexity index is 1660. The molecule has 224 valence electrons. The Balaban J connectivity index is 2.05. The lowest BCUT2D eigenvalue weighted by Gasteiger charge is -2.30. The molecule has 3 aromatic rings. The zero-order valence-corrected chi connectivity index (χ0v) is 25.8. The minimum absolute atomic E-state index is 0.0844. The molecule has 0 aliphatic rings. The molecule has 2 amide bonds. The van der Waals surface area contributed by atoms with Gasteiger partial charge in [-0.1, -0.05) is 36.7 Å². The van der Waals surface area contributed by atoms with E-state index in [2.05, 4.69) is 28.1 Å². The van der Waals surface area contributed by atoms with Crippen LogP contribution in [0.25, 0.3) is 22.6 Å². The second-order valence-electron chi connectivity index (χ2n) is 10.8. The SMILES string of the molecule is COc1ccc(C#N)cc1/C=C(\C#N)c1cn(C(=O)C(CCC[C@@H](OC(N)=O)C(C)(C)C)OC(N)=O)c2ccc(Br)cc12. The Morgan fingerprint density at radius 2 is 1.74 bits per heavy atom.